The molecule has 12 rings (SSSR count). The Labute approximate surface area is 777 Å². The van der Waals surface area contributed by atoms with Crippen LogP contribution in [0.4, 0.5) is 66.5 Å². The summed E-state index contributed by atoms with van der Waals surface area (Å²) in [5, 5.41) is 47.6. The number of phenolic OH excluding ortho intramolecular Hbond substituents is 1. The summed E-state index contributed by atoms with van der Waals surface area (Å²) in [6.07, 6.45) is 5.60. The first kappa shape index (κ1) is 107. The molecule has 48 heteroatoms. The van der Waals surface area contributed by atoms with Crippen molar-refractivity contribution in [2.45, 2.75) is 91.0 Å². The number of nitro groups is 2. The van der Waals surface area contributed by atoms with Gasteiger partial charge in [0, 0.05) is 60.7 Å². The maximum Gasteiger partial charge on any atom is 0.523 e. The number of aldehydes is 2. The van der Waals surface area contributed by atoms with E-state index in [0.29, 0.717) is 120 Å². The van der Waals surface area contributed by atoms with Crippen molar-refractivity contribution in [1.82, 2.24) is 20.6 Å². The van der Waals surface area contributed by atoms with Gasteiger partial charge < -0.3 is 111 Å². The van der Waals surface area contributed by atoms with Crippen LogP contribution in [0.5, 0.6) is 40.2 Å². The van der Waals surface area contributed by atoms with Crippen LogP contribution in [0, 0.1) is 20.2 Å². The number of rotatable bonds is 40. The fourth-order valence-corrected chi connectivity index (χ4v) is 16.3. The maximum absolute atomic E-state index is 13.2. The van der Waals surface area contributed by atoms with E-state index in [1.165, 1.54) is 73.3 Å². The molecule has 2 aromatic heterocycles. The number of benzene rings is 8. The molecule has 0 bridgehead atoms. The number of carbonyl (C=O) groups excluding carboxylic acids is 6. The van der Waals surface area contributed by atoms with Gasteiger partial charge in [-0.1, -0.05) is 84.9 Å². The minimum Gasteiger partial charge on any atom is -0.499 e. The Morgan fingerprint density at radius 3 is 1.39 bits per heavy atom. The topological polar surface area (TPSA) is 540 Å². The normalized spacial score (nSPS) is 13.2. The number of amides is 6. The molecule has 4 heterocycles. The van der Waals surface area contributed by atoms with Gasteiger partial charge in [-0.2, -0.15) is 21.6 Å². The van der Waals surface area contributed by atoms with Gasteiger partial charge in [0.1, 0.15) is 31.2 Å². The van der Waals surface area contributed by atoms with Crippen molar-refractivity contribution < 1.29 is 153 Å². The van der Waals surface area contributed by atoms with Crippen LogP contribution in [0.1, 0.15) is 89.1 Å². The van der Waals surface area contributed by atoms with E-state index in [1.807, 2.05) is 72.8 Å². The summed E-state index contributed by atoms with van der Waals surface area (Å²) in [5.74, 6) is 1.32. The zero-order valence-corrected chi connectivity index (χ0v) is 77.1. The van der Waals surface area contributed by atoms with Crippen LogP contribution in [0.15, 0.2) is 192 Å². The molecule has 0 saturated carbocycles. The average Bonchev–Trinajstić information content (AvgIpc) is 1.29. The second-order valence-electron chi connectivity index (χ2n) is 27.9. The average molecular weight is 1960 g/mol. The molecule has 2 aliphatic rings. The summed E-state index contributed by atoms with van der Waals surface area (Å²) in [6.45, 7) is 9.37. The fraction of sp³-hybridized carbons (Fsp3) is 0.318. The highest BCUT2D eigenvalue weighted by Gasteiger charge is 2.49. The Balaban J connectivity index is 0.000000224. The number of aromatic nitrogens is 2. The van der Waals surface area contributed by atoms with Crippen molar-refractivity contribution in [3.63, 3.8) is 0 Å². The van der Waals surface area contributed by atoms with E-state index in [-0.39, 0.29) is 112 Å². The smallest absolute Gasteiger partial charge is 0.499 e. The number of nitrogens with zero attached hydrogens (tertiary/aromatic N) is 4. The second-order valence-corrected chi connectivity index (χ2v) is 33.7. The quantitative estimate of drug-likeness (QED) is 0.00468. The number of aromatic hydroxyl groups is 1. The van der Waals surface area contributed by atoms with Crippen LogP contribution < -0.4 is 60.3 Å². The van der Waals surface area contributed by atoms with Crippen molar-refractivity contribution in [1.29, 1.82) is 0 Å². The van der Waals surface area contributed by atoms with Gasteiger partial charge in [-0.05, 0) is 117 Å². The molecule has 136 heavy (non-hydrogen) atoms. The Hall–Kier alpha value is -14.1. The maximum atomic E-state index is 13.2. The van der Waals surface area contributed by atoms with Crippen molar-refractivity contribution in [3.8, 4) is 62.9 Å². The summed E-state index contributed by atoms with van der Waals surface area (Å²) >= 11 is 0. The van der Waals surface area contributed by atoms with E-state index in [0.717, 1.165) is 28.3 Å². The van der Waals surface area contributed by atoms with Gasteiger partial charge in [-0.3, -0.25) is 43.1 Å². The number of anilines is 4. The van der Waals surface area contributed by atoms with Crippen molar-refractivity contribution in [2.24, 2.45) is 0 Å². The first-order chi connectivity index (χ1) is 65.3. The number of methoxy groups -OCH3 is 4. The Morgan fingerprint density at radius 2 is 0.963 bits per heavy atom. The van der Waals surface area contributed by atoms with Crippen LogP contribution in [-0.4, -0.2) is 182 Å². The number of ether oxygens (including phenoxy) is 10. The molecule has 2 fully saturated rings. The Morgan fingerprint density at radius 1 is 0.529 bits per heavy atom. The lowest BCUT2D eigenvalue weighted by Crippen LogP contribution is -2.28. The number of carbonyl (C=O) groups is 6. The lowest BCUT2D eigenvalue weighted by Gasteiger charge is -2.21. The molecule has 2 atom stereocenters. The highest BCUT2D eigenvalue weighted by atomic mass is 32.2. The van der Waals surface area contributed by atoms with Gasteiger partial charge in [0.05, 0.1) is 138 Å². The third-order valence-corrected chi connectivity index (χ3v) is 23.6. The van der Waals surface area contributed by atoms with Crippen LogP contribution in [0.2, 0.25) is 0 Å². The summed E-state index contributed by atoms with van der Waals surface area (Å²) < 4.78 is 170. The summed E-state index contributed by atoms with van der Waals surface area (Å²) in [4.78, 5) is 99.9. The number of hydrogen-bond acceptors (Lipinski definition) is 34. The van der Waals surface area contributed by atoms with E-state index in [4.69, 9.17) is 60.5 Å². The predicted molar refractivity (Wildman–Crippen MR) is 485 cm³/mol. The minimum absolute atomic E-state index is 0.0454. The molecule has 0 radical (unpaired) electrons. The number of nitrogens with one attached hydrogen (secondary N) is 6. The minimum atomic E-state index is -5.80. The van der Waals surface area contributed by atoms with E-state index in [2.05, 4.69) is 59.8 Å². The van der Waals surface area contributed by atoms with Gasteiger partial charge in [0.2, 0.25) is 11.5 Å². The summed E-state index contributed by atoms with van der Waals surface area (Å²) in [5.41, 5.74) is 1.01. The number of halogens is 3. The SMILES string of the molecule is CCOP(=O)(CCc1c(NC(=O)Nc2cccc(CNC(=O)O[C@H]3CCOC3)c2)ccc(-c2cnco2)c1OC)OCC.CCOP(=O)(COS(=O)(=O)C(F)(F)F)OCC.COc1c(-c2cnco2)ccc(NC(=O)Nc2cccc(CNC(=O)O[C@H]3CCOC3)c2)c1OCc1ccccc1.COc1c(C=O)ccc([N+](=O)[O-])c1O.COc1c(C=O)ccc([N+](=O)[O-])c1OCc1ccccc1. The zero-order valence-electron chi connectivity index (χ0n) is 74.5. The molecule has 7 N–H and O–H groups in total. The van der Waals surface area contributed by atoms with E-state index in [9.17, 15) is 84.8 Å². The van der Waals surface area contributed by atoms with Crippen LogP contribution >= 0.6 is 15.2 Å². The third kappa shape index (κ3) is 32.6. The van der Waals surface area contributed by atoms with Crippen LogP contribution in [0.25, 0.3) is 22.6 Å². The largest absolute Gasteiger partial charge is 0.523 e. The molecule has 8 aromatic carbocycles. The molecule has 0 aliphatic carbocycles. The fourth-order valence-electron chi connectivity index (χ4n) is 12.5. The number of hydrogen-bond donors (Lipinski definition) is 7. The number of alkyl halides is 3. The number of urea groups is 2. The molecular weight excluding hydrogens is 1860 g/mol. The van der Waals surface area contributed by atoms with Gasteiger partial charge in [-0.25, -0.2) is 29.1 Å². The first-order valence-corrected chi connectivity index (χ1v) is 46.1. The molecule has 42 nitrogen and oxygen atoms in total. The number of nitro benzene ring substituents is 2. The number of alkyl carbamates (subject to hydrolysis) is 2. The summed E-state index contributed by atoms with van der Waals surface area (Å²) in [6, 6.07) is 43.8. The van der Waals surface area contributed by atoms with Crippen molar-refractivity contribution in [2.75, 3.05) is 115 Å². The van der Waals surface area contributed by atoms with Gasteiger partial charge in [0.15, 0.2) is 66.2 Å². The van der Waals surface area contributed by atoms with Crippen LogP contribution in [-0.2, 0) is 93.2 Å². The second kappa shape index (κ2) is 53.7. The van der Waals surface area contributed by atoms with Crippen molar-refractivity contribution in [3.05, 3.63) is 242 Å². The molecule has 2 aliphatic heterocycles. The monoisotopic (exact) mass is 1960 g/mol. The van der Waals surface area contributed by atoms with Gasteiger partial charge >= 0.3 is 66.4 Å². The lowest BCUT2D eigenvalue weighted by molar-refractivity contribution is -0.386. The molecule has 2 saturated heterocycles. The van der Waals surface area contributed by atoms with Gasteiger partial charge in [0.25, 0.3) is 0 Å². The summed E-state index contributed by atoms with van der Waals surface area (Å²) in [7, 11) is -7.61. The van der Waals surface area contributed by atoms with Gasteiger partial charge in [-0.15, -0.1) is 0 Å². The third-order valence-electron chi connectivity index (χ3n) is 18.6. The number of phenols is 1. The first-order valence-electron chi connectivity index (χ1n) is 41.2. The molecule has 0 unspecified atom stereocenters. The molecule has 6 amide bonds. The molecule has 10 aromatic rings. The van der Waals surface area contributed by atoms with E-state index >= 15 is 0 Å². The highest BCUT2D eigenvalue weighted by Crippen LogP contribution is 2.52. The predicted octanol–water partition coefficient (Wildman–Crippen LogP) is 17.6. The van der Waals surface area contributed by atoms with Crippen molar-refractivity contribution >= 4 is 96.3 Å². The highest BCUT2D eigenvalue weighted by molar-refractivity contribution is 7.87. The molecule has 0 spiro atoms. The standard InChI is InChI=1S/C30H30N4O7.C29H37N4O9P.C15H13NO5.C8H7NO5.C6H12F3O6PS/c1-37-27-24(26-16-31-19-40-26)10-11-25(28(27)39-17-20-6-3-2-4-7-20)34-29(35)33-22-9-5-8-21(14-22)15-32-30(36)41-23-12-13-38-18-23;1-4-40-43(36,41-5-2)14-12-23-25(10-9-24(27(23)37-3)26-17-30-19-39-26)33-28(34)32-21-8-6-7-20(15-21)16-31-29(35)42-22-11-13-38-18-22;1-20-14-12(9-17)7-8-13(16(18)19)15(14)21-10-11-5-3-2-4-6-11;1-14-8-5(4-10)2-3-6(7(8)11)9(12)13;1-3-13-16(10,14-4-2)5-15-17(11,12)6(7,8)9/h2-11,14,16,19,23H,12-13,15,17-18H2,1H3,(H,32,36)(H2,33,34,35);6-10,15,17,19,22H,4-5,11-14,16,18H2,1-3H3,(H,31,35)(H2,32,33,34);2-9H,10H2,1H3;2-4,11H,1H3;3-5H2,1-2H3/t23-;22-;;;/m00.../s1. The Bertz CT molecular complexity index is 5810. The molecule has 730 valence electrons. The zero-order chi connectivity index (χ0) is 98.8. The Kier molecular flexibility index (Phi) is 42.4. The van der Waals surface area contributed by atoms with E-state index < -0.39 is 82.7 Å². The molecular formula is C88H99F3N10O32P2S. The number of oxazole rings is 2. The van der Waals surface area contributed by atoms with Crippen LogP contribution in [0.3, 0.4) is 0 Å². The van der Waals surface area contributed by atoms with E-state index in [1.54, 1.807) is 86.9 Å². The lowest BCUT2D eigenvalue weighted by atomic mass is 10.0.